The van der Waals surface area contributed by atoms with Crippen LogP contribution >= 0.6 is 0 Å². The van der Waals surface area contributed by atoms with E-state index in [1.165, 1.54) is 49.7 Å². The second kappa shape index (κ2) is 8.03. The molecule has 4 aliphatic carbocycles. The van der Waals surface area contributed by atoms with Crippen molar-refractivity contribution < 1.29 is 4.39 Å². The molecule has 0 radical (unpaired) electrons. The number of rotatable bonds is 4. The first-order chi connectivity index (χ1) is 14.8. The van der Waals surface area contributed by atoms with Crippen molar-refractivity contribution in [1.82, 2.24) is 0 Å². The van der Waals surface area contributed by atoms with Crippen LogP contribution in [0.3, 0.4) is 0 Å². The van der Waals surface area contributed by atoms with Gasteiger partial charge in [-0.15, -0.1) is 0 Å². The van der Waals surface area contributed by atoms with E-state index >= 15 is 0 Å². The lowest BCUT2D eigenvalue weighted by Gasteiger charge is -2.61. The van der Waals surface area contributed by atoms with Crippen molar-refractivity contribution in [3.8, 4) is 0 Å². The summed E-state index contributed by atoms with van der Waals surface area (Å²) in [6.07, 6.45) is 11.6. The van der Waals surface area contributed by atoms with Crippen molar-refractivity contribution in [1.29, 1.82) is 0 Å². The van der Waals surface area contributed by atoms with Gasteiger partial charge in [-0.3, -0.25) is 0 Å². The van der Waals surface area contributed by atoms with Crippen LogP contribution in [0.25, 0.3) is 0 Å². The van der Waals surface area contributed by atoms with E-state index in [1.807, 2.05) is 0 Å². The van der Waals surface area contributed by atoms with Crippen molar-refractivity contribution in [3.05, 3.63) is 48.0 Å². The van der Waals surface area contributed by atoms with Gasteiger partial charge in [0.05, 0.1) is 0 Å². The Morgan fingerprint density at radius 3 is 2.42 bits per heavy atom. The molecule has 1 aromatic rings. The fourth-order valence-electron chi connectivity index (χ4n) is 9.44. The first-order valence-corrected chi connectivity index (χ1v) is 13.2. The molecular weight excluding hydrogens is 379 g/mol. The summed E-state index contributed by atoms with van der Waals surface area (Å²) in [7, 11) is 0. The summed E-state index contributed by atoms with van der Waals surface area (Å²) in [5.41, 5.74) is 3.71. The number of hydrogen-bond acceptors (Lipinski definition) is 0. The minimum absolute atomic E-state index is 0.405. The van der Waals surface area contributed by atoms with E-state index in [0.29, 0.717) is 22.7 Å². The van der Waals surface area contributed by atoms with E-state index < -0.39 is 6.17 Å². The van der Waals surface area contributed by atoms with E-state index in [4.69, 9.17) is 0 Å². The maximum Gasteiger partial charge on any atom is 0.100 e. The molecule has 4 fully saturated rings. The van der Waals surface area contributed by atoms with E-state index in [9.17, 15) is 4.39 Å². The zero-order chi connectivity index (χ0) is 21.8. The Morgan fingerprint density at radius 2 is 1.68 bits per heavy atom. The highest BCUT2D eigenvalue weighted by molar-refractivity contribution is 5.20. The van der Waals surface area contributed by atoms with Crippen LogP contribution in [0.5, 0.6) is 0 Å². The quantitative estimate of drug-likeness (QED) is 0.427. The highest BCUT2D eigenvalue weighted by Gasteiger charge is 2.60. The zero-order valence-electron chi connectivity index (χ0n) is 20.1. The van der Waals surface area contributed by atoms with Crippen molar-refractivity contribution >= 4 is 0 Å². The van der Waals surface area contributed by atoms with Crippen LogP contribution in [0.2, 0.25) is 0 Å². The van der Waals surface area contributed by atoms with Gasteiger partial charge in [0, 0.05) is 0 Å². The van der Waals surface area contributed by atoms with Gasteiger partial charge < -0.3 is 0 Å². The first kappa shape index (κ1) is 21.7. The highest BCUT2D eigenvalue weighted by Crippen LogP contribution is 2.68. The molecule has 4 saturated carbocycles. The van der Waals surface area contributed by atoms with Crippen molar-refractivity contribution in [2.24, 2.45) is 46.3 Å². The lowest BCUT2D eigenvalue weighted by molar-refractivity contribution is -0.122. The second-order valence-corrected chi connectivity index (χ2v) is 12.4. The van der Waals surface area contributed by atoms with E-state index in [-0.39, 0.29) is 0 Å². The van der Waals surface area contributed by atoms with E-state index in [2.05, 4.69) is 57.7 Å². The lowest BCUT2D eigenvalue weighted by Crippen LogP contribution is -2.54. The van der Waals surface area contributed by atoms with Crippen LogP contribution in [-0.4, -0.2) is 6.17 Å². The number of fused-ring (bicyclic) bond motifs is 5. The first-order valence-electron chi connectivity index (χ1n) is 13.2. The lowest BCUT2D eigenvalue weighted by atomic mass is 9.44. The Hall–Kier alpha value is -1.11. The van der Waals surface area contributed by atoms with Gasteiger partial charge in [0.15, 0.2) is 0 Å². The molecule has 6 unspecified atom stereocenters. The fraction of sp³-hybridized carbons (Fsp3) is 0.733. The third-order valence-electron chi connectivity index (χ3n) is 11.1. The van der Waals surface area contributed by atoms with E-state index in [0.717, 1.165) is 49.4 Å². The van der Waals surface area contributed by atoms with Gasteiger partial charge >= 0.3 is 0 Å². The molecule has 0 spiro atoms. The molecule has 0 amide bonds. The van der Waals surface area contributed by atoms with Gasteiger partial charge in [-0.2, -0.15) is 0 Å². The number of allylic oxidation sites excluding steroid dienone is 1. The summed E-state index contributed by atoms with van der Waals surface area (Å²) in [6.45, 7) is 12.0. The molecular formula is C30H43F. The summed E-state index contributed by atoms with van der Waals surface area (Å²) in [6, 6.07) is 11.1. The third kappa shape index (κ3) is 3.53. The Morgan fingerprint density at radius 1 is 0.968 bits per heavy atom. The molecule has 0 heterocycles. The summed E-state index contributed by atoms with van der Waals surface area (Å²) >= 11 is 0. The van der Waals surface area contributed by atoms with Gasteiger partial charge in [0.1, 0.15) is 6.17 Å². The smallest absolute Gasteiger partial charge is 0.100 e. The predicted molar refractivity (Wildman–Crippen MR) is 129 cm³/mol. The van der Waals surface area contributed by atoms with Crippen molar-refractivity contribution in [2.45, 2.75) is 91.2 Å². The predicted octanol–water partition coefficient (Wildman–Crippen LogP) is 8.42. The van der Waals surface area contributed by atoms with Gasteiger partial charge in [-0.1, -0.05) is 56.3 Å². The summed E-state index contributed by atoms with van der Waals surface area (Å²) in [5.74, 6) is 4.60. The molecule has 0 aromatic heterocycles. The summed E-state index contributed by atoms with van der Waals surface area (Å²) in [4.78, 5) is 0. The second-order valence-electron chi connectivity index (χ2n) is 12.4. The Kier molecular flexibility index (Phi) is 5.63. The normalized spacial score (nSPS) is 45.3. The monoisotopic (exact) mass is 422 g/mol. The Balaban J connectivity index is 1.39. The number of benzene rings is 1. The van der Waals surface area contributed by atoms with Crippen LogP contribution in [0.1, 0.15) is 84.1 Å². The Bertz CT molecular complexity index is 798. The van der Waals surface area contributed by atoms with Crippen LogP contribution in [0.15, 0.2) is 42.5 Å². The van der Waals surface area contributed by atoms with Crippen LogP contribution in [0, 0.1) is 46.3 Å². The van der Waals surface area contributed by atoms with Crippen LogP contribution in [-0.2, 0) is 6.42 Å². The molecule has 170 valence electrons. The average Bonchev–Trinajstić information content (AvgIpc) is 3.10. The topological polar surface area (TPSA) is 0 Å². The van der Waals surface area contributed by atoms with Gasteiger partial charge in [-0.05, 0) is 123 Å². The number of hydrogen-bond donors (Lipinski definition) is 0. The molecule has 1 aromatic carbocycles. The third-order valence-corrected chi connectivity index (χ3v) is 11.1. The summed E-state index contributed by atoms with van der Waals surface area (Å²) < 4.78 is 14.2. The van der Waals surface area contributed by atoms with Gasteiger partial charge in [-0.25, -0.2) is 4.39 Å². The van der Waals surface area contributed by atoms with Crippen LogP contribution < -0.4 is 0 Å². The number of halogens is 1. The van der Waals surface area contributed by atoms with Crippen molar-refractivity contribution in [3.63, 3.8) is 0 Å². The van der Waals surface area contributed by atoms with E-state index in [1.54, 1.807) is 0 Å². The SMILES string of the molecule is C=C(C)[C@@H](Cc1ccccc1)C1CCC2C3CCC4C[C@@H](F)CCC4(C)C3CC[C@@]21C. The molecule has 0 nitrogen and oxygen atoms in total. The van der Waals surface area contributed by atoms with Crippen molar-refractivity contribution in [2.75, 3.05) is 0 Å². The minimum Gasteiger partial charge on any atom is -0.247 e. The average molecular weight is 423 g/mol. The molecule has 5 rings (SSSR count). The molecule has 0 aliphatic heterocycles. The molecule has 31 heavy (non-hydrogen) atoms. The minimum atomic E-state index is -0.534. The molecule has 4 aliphatic rings. The molecule has 9 atom stereocenters. The summed E-state index contributed by atoms with van der Waals surface area (Å²) in [5, 5.41) is 0. The van der Waals surface area contributed by atoms with Crippen LogP contribution in [0.4, 0.5) is 4.39 Å². The largest absolute Gasteiger partial charge is 0.247 e. The Labute approximate surface area is 190 Å². The standard InChI is InChI=1S/C30H43F/c1-20(2)25(18-21-8-6-5-7-9-21)27-13-12-26-24-11-10-22-19-23(31)14-16-29(22,3)28(24)15-17-30(26,27)4/h5-9,22-28H,1,10-19H2,2-4H3/t22?,23-,24?,25+,26?,27?,28?,29?,30-/m0/s1. The van der Waals surface area contributed by atoms with Gasteiger partial charge in [0.2, 0.25) is 0 Å². The molecule has 0 bridgehead atoms. The zero-order valence-corrected chi connectivity index (χ0v) is 20.1. The molecule has 1 heteroatoms. The molecule has 0 saturated heterocycles. The fourth-order valence-corrected chi connectivity index (χ4v) is 9.44. The maximum absolute atomic E-state index is 14.2. The highest BCUT2D eigenvalue weighted by atomic mass is 19.1. The van der Waals surface area contributed by atoms with Gasteiger partial charge in [0.25, 0.3) is 0 Å². The molecule has 0 N–H and O–H groups in total. The number of alkyl halides is 1. The maximum atomic E-state index is 14.2.